The molecule has 176 valence electrons. The number of aromatic nitrogens is 1. The van der Waals surface area contributed by atoms with Gasteiger partial charge in [0.25, 0.3) is 0 Å². The first kappa shape index (κ1) is 21.7. The lowest BCUT2D eigenvalue weighted by atomic mass is 9.84. The molecule has 2 fully saturated rings. The van der Waals surface area contributed by atoms with Crippen LogP contribution in [0.25, 0.3) is 22.2 Å². The van der Waals surface area contributed by atoms with Crippen molar-refractivity contribution < 1.29 is 28.1 Å². The van der Waals surface area contributed by atoms with Crippen LogP contribution in [-0.4, -0.2) is 29.1 Å². The summed E-state index contributed by atoms with van der Waals surface area (Å²) in [5, 5.41) is 21.5. The maximum atomic E-state index is 14.5. The number of furan rings is 1. The smallest absolute Gasteiger partial charge is 0.161 e. The van der Waals surface area contributed by atoms with Gasteiger partial charge in [-0.3, -0.25) is 0 Å². The first-order valence-corrected chi connectivity index (χ1v) is 11.3. The van der Waals surface area contributed by atoms with Crippen LogP contribution >= 0.6 is 0 Å². The highest BCUT2D eigenvalue weighted by Gasteiger charge is 2.46. The fraction of sp³-hybridized carbons (Fsp3) is 0.259. The van der Waals surface area contributed by atoms with E-state index in [4.69, 9.17) is 18.6 Å². The lowest BCUT2D eigenvalue weighted by Crippen LogP contribution is -2.39. The van der Waals surface area contributed by atoms with Gasteiger partial charge >= 0.3 is 0 Å². The summed E-state index contributed by atoms with van der Waals surface area (Å²) in [5.74, 6) is 0.464. The van der Waals surface area contributed by atoms with E-state index in [-0.39, 0.29) is 24.8 Å². The van der Waals surface area contributed by atoms with Gasteiger partial charge in [0, 0.05) is 29.9 Å². The summed E-state index contributed by atoms with van der Waals surface area (Å²) in [6.45, 7) is 0.583. The molecule has 0 spiro atoms. The Morgan fingerprint density at radius 3 is 2.89 bits per heavy atom. The Bertz CT molecular complexity index is 1430. The first-order valence-electron chi connectivity index (χ1n) is 11.3. The molecule has 2 bridgehead atoms. The summed E-state index contributed by atoms with van der Waals surface area (Å²) in [4.78, 5) is 4.42. The molecule has 3 unspecified atom stereocenters. The van der Waals surface area contributed by atoms with Crippen LogP contribution in [0, 0.1) is 17.1 Å². The standard InChI is InChI=1S/C27H21FN2O5/c28-18-7-17(27(31)11-21-15-34-26(12-27)35-21)8-20(9-18)33-14-16-3-4-22-23(25-2-1-5-32-25)10-19(13-29)30-24(22)6-16/h1-10,21,26,31H,11-12,14-15H2. The minimum atomic E-state index is -1.24. The zero-order valence-corrected chi connectivity index (χ0v) is 18.6. The zero-order valence-electron chi connectivity index (χ0n) is 18.6. The van der Waals surface area contributed by atoms with Gasteiger partial charge in [0.15, 0.2) is 6.29 Å². The summed E-state index contributed by atoms with van der Waals surface area (Å²) in [6.07, 6.45) is 1.46. The summed E-state index contributed by atoms with van der Waals surface area (Å²) < 4.78 is 37.0. The van der Waals surface area contributed by atoms with E-state index in [9.17, 15) is 14.8 Å². The van der Waals surface area contributed by atoms with Gasteiger partial charge in [-0.05, 0) is 47.5 Å². The van der Waals surface area contributed by atoms with Gasteiger partial charge < -0.3 is 23.7 Å². The molecule has 0 radical (unpaired) electrons. The molecule has 0 aliphatic carbocycles. The number of benzene rings is 2. The van der Waals surface area contributed by atoms with Crippen LogP contribution in [0.1, 0.15) is 29.7 Å². The Morgan fingerprint density at radius 2 is 2.09 bits per heavy atom. The van der Waals surface area contributed by atoms with E-state index in [2.05, 4.69) is 11.1 Å². The maximum absolute atomic E-state index is 14.5. The van der Waals surface area contributed by atoms with Crippen LogP contribution < -0.4 is 4.74 Å². The third kappa shape index (κ3) is 4.15. The lowest BCUT2D eigenvalue weighted by molar-refractivity contribution is -0.159. The maximum Gasteiger partial charge on any atom is 0.161 e. The fourth-order valence-corrected chi connectivity index (χ4v) is 4.83. The summed E-state index contributed by atoms with van der Waals surface area (Å²) >= 11 is 0. The molecule has 6 rings (SSSR count). The van der Waals surface area contributed by atoms with Crippen molar-refractivity contribution in [1.82, 2.24) is 4.98 Å². The Morgan fingerprint density at radius 1 is 1.17 bits per heavy atom. The normalized spacial score (nSPS) is 23.3. The highest BCUT2D eigenvalue weighted by atomic mass is 19.1. The fourth-order valence-electron chi connectivity index (χ4n) is 4.83. The summed E-state index contributed by atoms with van der Waals surface area (Å²) in [5.41, 5.74) is 1.68. The number of hydrogen-bond acceptors (Lipinski definition) is 7. The molecular weight excluding hydrogens is 451 g/mol. The van der Waals surface area contributed by atoms with E-state index in [0.717, 1.165) is 16.5 Å². The average molecular weight is 472 g/mol. The van der Waals surface area contributed by atoms with Crippen LogP contribution in [0.4, 0.5) is 4.39 Å². The molecule has 2 aliphatic rings. The van der Waals surface area contributed by atoms with E-state index >= 15 is 0 Å². The quantitative estimate of drug-likeness (QED) is 0.445. The zero-order chi connectivity index (χ0) is 24.0. The first-order chi connectivity index (χ1) is 17.0. The van der Waals surface area contributed by atoms with E-state index in [1.165, 1.54) is 12.1 Å². The lowest BCUT2D eigenvalue weighted by Gasteiger charge is -2.35. The molecule has 2 aliphatic heterocycles. The van der Waals surface area contributed by atoms with Gasteiger partial charge in [0.2, 0.25) is 0 Å². The monoisotopic (exact) mass is 472 g/mol. The number of pyridine rings is 1. The molecule has 3 atom stereocenters. The third-order valence-electron chi connectivity index (χ3n) is 6.47. The number of fused-ring (bicyclic) bond motifs is 3. The number of nitrogens with zero attached hydrogens (tertiary/aromatic N) is 2. The number of hydrogen-bond donors (Lipinski definition) is 1. The van der Waals surface area contributed by atoms with Gasteiger partial charge in [-0.1, -0.05) is 12.1 Å². The van der Waals surface area contributed by atoms with Crippen molar-refractivity contribution in [2.24, 2.45) is 0 Å². The second-order valence-corrected chi connectivity index (χ2v) is 8.92. The molecule has 0 amide bonds. The SMILES string of the molecule is N#Cc1cc(-c2ccco2)c2ccc(COc3cc(F)cc(C4(O)CC5COC(C4)O5)c3)cc2n1. The van der Waals surface area contributed by atoms with Gasteiger partial charge in [0.05, 0.1) is 30.1 Å². The molecule has 2 aromatic heterocycles. The number of ether oxygens (including phenoxy) is 3. The molecule has 4 heterocycles. The molecule has 4 aromatic rings. The molecule has 2 saturated heterocycles. The van der Waals surface area contributed by atoms with Crippen LogP contribution in [0.3, 0.4) is 0 Å². The molecular formula is C27H21FN2O5. The highest BCUT2D eigenvalue weighted by molar-refractivity contribution is 5.94. The predicted octanol–water partition coefficient (Wildman–Crippen LogP) is 4.81. The van der Waals surface area contributed by atoms with Crippen molar-refractivity contribution in [2.45, 2.75) is 37.4 Å². The van der Waals surface area contributed by atoms with Gasteiger partial charge in [-0.15, -0.1) is 0 Å². The highest BCUT2D eigenvalue weighted by Crippen LogP contribution is 2.42. The number of rotatable bonds is 5. The van der Waals surface area contributed by atoms with Crippen LogP contribution in [0.5, 0.6) is 5.75 Å². The van der Waals surface area contributed by atoms with Crippen molar-refractivity contribution in [3.8, 4) is 23.1 Å². The van der Waals surface area contributed by atoms with Gasteiger partial charge in [0.1, 0.15) is 35.7 Å². The molecule has 7 nitrogen and oxygen atoms in total. The third-order valence-corrected chi connectivity index (χ3v) is 6.47. The largest absolute Gasteiger partial charge is 0.489 e. The minimum absolute atomic E-state index is 0.156. The van der Waals surface area contributed by atoms with E-state index in [0.29, 0.717) is 35.6 Å². The van der Waals surface area contributed by atoms with E-state index in [1.54, 1.807) is 24.5 Å². The second kappa shape index (κ2) is 8.47. The minimum Gasteiger partial charge on any atom is -0.489 e. The Labute approximate surface area is 200 Å². The molecule has 1 N–H and O–H groups in total. The number of aliphatic hydroxyl groups is 1. The van der Waals surface area contributed by atoms with Crippen molar-refractivity contribution in [1.29, 1.82) is 5.26 Å². The number of halogens is 1. The van der Waals surface area contributed by atoms with Crippen molar-refractivity contribution in [3.05, 3.63) is 83.5 Å². The Balaban J connectivity index is 1.26. The van der Waals surface area contributed by atoms with Crippen LogP contribution in [-0.2, 0) is 21.7 Å². The Kier molecular flexibility index (Phi) is 5.26. The van der Waals surface area contributed by atoms with Crippen molar-refractivity contribution >= 4 is 10.9 Å². The predicted molar refractivity (Wildman–Crippen MR) is 123 cm³/mol. The van der Waals surface area contributed by atoms with Crippen LogP contribution in [0.2, 0.25) is 0 Å². The molecule has 0 saturated carbocycles. The van der Waals surface area contributed by atoms with E-state index in [1.807, 2.05) is 24.3 Å². The van der Waals surface area contributed by atoms with Crippen molar-refractivity contribution in [3.63, 3.8) is 0 Å². The molecule has 2 aromatic carbocycles. The van der Waals surface area contributed by atoms with Crippen LogP contribution in [0.15, 0.2) is 65.3 Å². The summed E-state index contributed by atoms with van der Waals surface area (Å²) in [7, 11) is 0. The van der Waals surface area contributed by atoms with Gasteiger partial charge in [-0.25, -0.2) is 9.37 Å². The second-order valence-electron chi connectivity index (χ2n) is 8.92. The number of nitriles is 1. The topological polar surface area (TPSA) is 97.7 Å². The van der Waals surface area contributed by atoms with E-state index < -0.39 is 17.7 Å². The average Bonchev–Trinajstić information content (AvgIpc) is 3.51. The Hall–Kier alpha value is -3.77. The summed E-state index contributed by atoms with van der Waals surface area (Å²) in [6, 6.07) is 17.3. The molecule has 35 heavy (non-hydrogen) atoms. The van der Waals surface area contributed by atoms with Gasteiger partial charge in [-0.2, -0.15) is 5.26 Å². The van der Waals surface area contributed by atoms with Crippen molar-refractivity contribution in [2.75, 3.05) is 6.61 Å². The molecule has 8 heteroatoms.